The first-order valence-corrected chi connectivity index (χ1v) is 25.0. The molecule has 20 atom stereocenters. The first kappa shape index (κ1) is 42.3. The molecule has 6 bridgehead atoms. The molecular formula is C56H62N2O8. The highest BCUT2D eigenvalue weighted by atomic mass is 16.5. The minimum atomic E-state index is -2.16. The number of amides is 3. The quantitative estimate of drug-likeness (QED) is 0.188. The van der Waals surface area contributed by atoms with Crippen LogP contribution >= 0.6 is 0 Å². The van der Waals surface area contributed by atoms with E-state index in [9.17, 15) is 5.11 Å². The summed E-state index contributed by atoms with van der Waals surface area (Å²) in [6.07, 6.45) is 17.4. The van der Waals surface area contributed by atoms with Crippen molar-refractivity contribution in [2.24, 2.45) is 101 Å². The third kappa shape index (κ3) is 6.17. The van der Waals surface area contributed by atoms with Crippen molar-refractivity contribution in [3.8, 4) is 11.5 Å². The normalized spacial score (nSPS) is 45.2. The lowest BCUT2D eigenvalue weighted by Crippen LogP contribution is -2.59. The van der Waals surface area contributed by atoms with Crippen LogP contribution in [0.15, 0.2) is 98.1 Å². The van der Waals surface area contributed by atoms with Gasteiger partial charge in [-0.3, -0.25) is 24.0 Å². The fraction of sp³-hybridized carbons (Fsp3) is 0.554. The highest BCUT2D eigenvalue weighted by Gasteiger charge is 2.67. The summed E-state index contributed by atoms with van der Waals surface area (Å²) in [6, 6.07) is 15.1. The van der Waals surface area contributed by atoms with E-state index in [0.717, 1.165) is 54.1 Å². The van der Waals surface area contributed by atoms with Gasteiger partial charge in [0.2, 0.25) is 0 Å². The number of benzene rings is 2. The van der Waals surface area contributed by atoms with Crippen molar-refractivity contribution in [3.63, 3.8) is 0 Å². The SMILES string of the molecule is C=C[C@H]1C=C[C@H]2[C@@H]3C[C@H](C)CC[C@H]3[C@@H]3Oc4ccc(cc4)C[C@@]4(O)C[C@@H](C(=O)[C@@H]1[C@H]23)C(=O)N4N1C(=O)[C@H]2C(=O)[C@H]3[C@@H](C=C)C=C[C@H]4[C@@H]5C[C@H](C)CC[C@H]5[C@H](Oc5ccc(cc5)C[C@@H]2C1=O)[C@@H]43. The van der Waals surface area contributed by atoms with E-state index in [1.807, 2.05) is 48.5 Å². The number of hydrogen-bond donors (Lipinski definition) is 1. The van der Waals surface area contributed by atoms with Gasteiger partial charge in [-0.1, -0.05) is 87.4 Å². The van der Waals surface area contributed by atoms with Gasteiger partial charge < -0.3 is 14.6 Å². The number of ether oxygens (including phenoxy) is 2. The maximum absolute atomic E-state index is 15.8. The van der Waals surface area contributed by atoms with Gasteiger partial charge in [-0.05, 0) is 115 Å². The highest BCUT2D eigenvalue weighted by molar-refractivity contribution is 6.17. The van der Waals surface area contributed by atoms with E-state index in [0.29, 0.717) is 40.7 Å². The summed E-state index contributed by atoms with van der Waals surface area (Å²) in [5.74, 6) is -6.07. The summed E-state index contributed by atoms with van der Waals surface area (Å²) < 4.78 is 13.9. The van der Waals surface area contributed by atoms with E-state index in [2.05, 4.69) is 51.3 Å². The fourth-order valence-corrected chi connectivity index (χ4v) is 16.1. The number of fused-ring (bicyclic) bond motifs is 8. The standard InChI is InChI=1S/C56H62N2O8/c1-5-32-13-21-36-40-23-28(3)7-19-38(40)51-46(36)44(32)49(59)43-27-56(64,26-31-11-17-35(66-51)18-12-31)58(54(43)62)57-53(61)42-25-30-9-15-34(16-10-30)65-52-39-20-8-29(4)24-41(39)37-22-14-33(6-2)45(47(37)52)50(60)48(42)55(57)63/h5-6,9-18,21-22,28-29,32-33,36-48,51-52,64H,1-2,7-8,19-20,23-27H2,3-4H3/t28-,29-,32+,33+,36+,37+,38-,39-,40+,41+,42+,43+,44+,45+,46+,47+,48-,51+,52+,56-/m1/s1. The number of ketones is 2. The van der Waals surface area contributed by atoms with Gasteiger partial charge in [0.05, 0.1) is 5.92 Å². The number of nitrogens with zero attached hydrogens (tertiary/aromatic N) is 2. The van der Waals surface area contributed by atoms with Gasteiger partial charge in [0.1, 0.15) is 41.3 Å². The average Bonchev–Trinajstić information content (AvgIpc) is 3.95. The number of allylic oxidation sites excluding steroid dienone is 6. The van der Waals surface area contributed by atoms with E-state index in [4.69, 9.17) is 9.47 Å². The zero-order valence-electron chi connectivity index (χ0n) is 38.0. The minimum Gasteiger partial charge on any atom is -0.490 e. The first-order chi connectivity index (χ1) is 31.9. The van der Waals surface area contributed by atoms with Crippen molar-refractivity contribution in [1.82, 2.24) is 10.0 Å². The molecule has 12 aliphatic rings. The molecule has 6 heterocycles. The Kier molecular flexibility index (Phi) is 9.91. The summed E-state index contributed by atoms with van der Waals surface area (Å²) in [5.41, 5.74) is -0.769. The molecule has 0 unspecified atom stereocenters. The maximum atomic E-state index is 15.8. The molecule has 344 valence electrons. The van der Waals surface area contributed by atoms with Crippen LogP contribution in [0.3, 0.4) is 0 Å². The van der Waals surface area contributed by atoms with Crippen LogP contribution in [0.4, 0.5) is 0 Å². The molecule has 1 N–H and O–H groups in total. The van der Waals surface area contributed by atoms with Crippen LogP contribution in [0, 0.1) is 101 Å². The second-order valence-corrected chi connectivity index (χ2v) is 22.3. The molecule has 2 aromatic carbocycles. The van der Waals surface area contributed by atoms with Crippen molar-refractivity contribution >= 4 is 29.3 Å². The highest BCUT2D eigenvalue weighted by Crippen LogP contribution is 2.60. The van der Waals surface area contributed by atoms with Crippen molar-refractivity contribution in [3.05, 3.63) is 109 Å². The number of hydrazine groups is 1. The van der Waals surface area contributed by atoms with E-state index < -0.39 is 59.0 Å². The van der Waals surface area contributed by atoms with Gasteiger partial charge in [0.25, 0.3) is 17.7 Å². The van der Waals surface area contributed by atoms with Crippen LogP contribution in [0.5, 0.6) is 11.5 Å². The lowest BCUT2D eigenvalue weighted by atomic mass is 9.64. The molecule has 0 radical (unpaired) electrons. The van der Waals surface area contributed by atoms with E-state index in [-0.39, 0.29) is 84.5 Å². The van der Waals surface area contributed by atoms with Crippen LogP contribution in [0.1, 0.15) is 69.9 Å². The van der Waals surface area contributed by atoms with Crippen molar-refractivity contribution in [2.45, 2.75) is 89.6 Å². The molecule has 10 nitrogen and oxygen atoms in total. The number of rotatable bonds is 3. The van der Waals surface area contributed by atoms with Crippen LogP contribution < -0.4 is 9.47 Å². The Balaban J connectivity index is 0.959. The largest absolute Gasteiger partial charge is 0.490 e. The Hall–Kier alpha value is -5.09. The van der Waals surface area contributed by atoms with E-state index in [1.165, 1.54) is 0 Å². The van der Waals surface area contributed by atoms with Crippen molar-refractivity contribution in [2.75, 3.05) is 0 Å². The third-order valence-corrected chi connectivity index (χ3v) is 18.9. The zero-order chi connectivity index (χ0) is 45.5. The summed E-state index contributed by atoms with van der Waals surface area (Å²) in [5, 5.41) is 14.8. The molecule has 2 aromatic rings. The van der Waals surface area contributed by atoms with Gasteiger partial charge in [0, 0.05) is 48.3 Å². The van der Waals surface area contributed by atoms with Crippen molar-refractivity contribution < 1.29 is 38.6 Å². The van der Waals surface area contributed by atoms with Crippen LogP contribution in [0.25, 0.3) is 0 Å². The van der Waals surface area contributed by atoms with Gasteiger partial charge in [-0.2, -0.15) is 5.01 Å². The molecule has 3 amide bonds. The number of hydrogen-bond acceptors (Lipinski definition) is 8. The molecule has 14 rings (SSSR count). The summed E-state index contributed by atoms with van der Waals surface area (Å²) in [6.45, 7) is 12.9. The molecule has 2 saturated heterocycles. The molecule has 66 heavy (non-hydrogen) atoms. The second-order valence-electron chi connectivity index (χ2n) is 22.3. The second kappa shape index (κ2) is 15.5. The van der Waals surface area contributed by atoms with Gasteiger partial charge in [-0.25, -0.2) is 5.01 Å². The van der Waals surface area contributed by atoms with Crippen LogP contribution in [0.2, 0.25) is 0 Å². The molecule has 4 saturated carbocycles. The molecule has 0 aromatic heterocycles. The topological polar surface area (TPSA) is 131 Å². The molecule has 0 spiro atoms. The summed E-state index contributed by atoms with van der Waals surface area (Å²) in [7, 11) is 0. The summed E-state index contributed by atoms with van der Waals surface area (Å²) in [4.78, 5) is 77.8. The van der Waals surface area contributed by atoms with E-state index >= 15 is 24.0 Å². The molecule has 6 aliphatic heterocycles. The number of Topliss-reactive ketones (excluding diaryl/α,β-unsaturated/α-hetero) is 2. The van der Waals surface area contributed by atoms with Gasteiger partial charge in [-0.15, -0.1) is 13.2 Å². The Bertz CT molecular complexity index is 2460. The van der Waals surface area contributed by atoms with Crippen LogP contribution in [-0.4, -0.2) is 62.3 Å². The Morgan fingerprint density at radius 1 is 0.636 bits per heavy atom. The lowest BCUT2D eigenvalue weighted by molar-refractivity contribution is -0.202. The predicted octanol–water partition coefficient (Wildman–Crippen LogP) is 7.76. The lowest BCUT2D eigenvalue weighted by Gasteiger charge is -2.40. The van der Waals surface area contributed by atoms with Gasteiger partial charge >= 0.3 is 0 Å². The fourth-order valence-electron chi connectivity index (χ4n) is 16.1. The first-order valence-electron chi connectivity index (χ1n) is 25.0. The maximum Gasteiger partial charge on any atom is 0.259 e. The molecule has 6 fully saturated rings. The average molecular weight is 891 g/mol. The van der Waals surface area contributed by atoms with Crippen molar-refractivity contribution in [1.29, 1.82) is 0 Å². The molecular weight excluding hydrogens is 829 g/mol. The smallest absolute Gasteiger partial charge is 0.259 e. The van der Waals surface area contributed by atoms with Crippen LogP contribution in [-0.2, 0) is 36.8 Å². The number of aliphatic hydroxyl groups is 1. The number of carbonyl (C=O) groups is 5. The third-order valence-electron chi connectivity index (χ3n) is 18.9. The number of carbonyl (C=O) groups excluding carboxylic acids is 5. The summed E-state index contributed by atoms with van der Waals surface area (Å²) >= 11 is 0. The van der Waals surface area contributed by atoms with E-state index in [1.54, 1.807) is 12.2 Å². The zero-order valence-corrected chi connectivity index (χ0v) is 38.0. The van der Waals surface area contributed by atoms with Gasteiger partial charge in [0.15, 0.2) is 11.5 Å². The Labute approximate surface area is 387 Å². The Morgan fingerprint density at radius 3 is 1.68 bits per heavy atom. The molecule has 6 aliphatic carbocycles. The predicted molar refractivity (Wildman–Crippen MR) is 244 cm³/mol. The Morgan fingerprint density at radius 2 is 1.15 bits per heavy atom. The minimum absolute atomic E-state index is 0.0398. The number of imide groups is 1. The molecule has 10 heteroatoms. The monoisotopic (exact) mass is 890 g/mol.